The Bertz CT molecular complexity index is 397. The standard InChI is InChI=1S/C13H16N2O2/c1-2-3-8-16-15-10-13(15)17-12-6-4-11(9-14)5-7-12/h4-7,13H,2-3,8,10H2,1H3. The van der Waals surface area contributed by atoms with Crippen molar-refractivity contribution in [1.82, 2.24) is 5.06 Å². The van der Waals surface area contributed by atoms with Crippen molar-refractivity contribution in [3.05, 3.63) is 29.8 Å². The lowest BCUT2D eigenvalue weighted by Gasteiger charge is -2.06. The van der Waals surface area contributed by atoms with E-state index in [9.17, 15) is 0 Å². The van der Waals surface area contributed by atoms with Gasteiger partial charge >= 0.3 is 0 Å². The van der Waals surface area contributed by atoms with Crippen LogP contribution in [0.25, 0.3) is 0 Å². The third-order valence-corrected chi connectivity index (χ3v) is 2.53. The van der Waals surface area contributed by atoms with Gasteiger partial charge in [-0.05, 0) is 30.7 Å². The van der Waals surface area contributed by atoms with Gasteiger partial charge in [0, 0.05) is 0 Å². The number of ether oxygens (including phenoxy) is 1. The Balaban J connectivity index is 1.74. The highest BCUT2D eigenvalue weighted by Gasteiger charge is 2.37. The summed E-state index contributed by atoms with van der Waals surface area (Å²) in [5.74, 6) is 0.774. The third-order valence-electron chi connectivity index (χ3n) is 2.53. The lowest BCUT2D eigenvalue weighted by molar-refractivity contribution is -0.0997. The Morgan fingerprint density at radius 2 is 2.18 bits per heavy atom. The van der Waals surface area contributed by atoms with Crippen LogP contribution in [0, 0.1) is 11.3 Å². The van der Waals surface area contributed by atoms with E-state index in [0.29, 0.717) is 5.56 Å². The minimum Gasteiger partial charge on any atom is -0.472 e. The second-order valence-corrected chi connectivity index (χ2v) is 4.00. The highest BCUT2D eigenvalue weighted by molar-refractivity contribution is 5.34. The molecule has 2 atom stereocenters. The summed E-state index contributed by atoms with van der Waals surface area (Å²) in [6, 6.07) is 9.19. The highest BCUT2D eigenvalue weighted by Crippen LogP contribution is 2.23. The average molecular weight is 232 g/mol. The van der Waals surface area contributed by atoms with Crippen LogP contribution < -0.4 is 4.74 Å². The summed E-state index contributed by atoms with van der Waals surface area (Å²) in [6.07, 6.45) is 2.23. The van der Waals surface area contributed by atoms with Gasteiger partial charge in [-0.2, -0.15) is 5.26 Å². The minimum absolute atomic E-state index is 0.0276. The molecular formula is C13H16N2O2. The maximum atomic E-state index is 8.67. The van der Waals surface area contributed by atoms with E-state index in [1.54, 1.807) is 24.3 Å². The third kappa shape index (κ3) is 3.45. The summed E-state index contributed by atoms with van der Waals surface area (Å²) in [6.45, 7) is 3.70. The second-order valence-electron chi connectivity index (χ2n) is 4.00. The van der Waals surface area contributed by atoms with E-state index in [0.717, 1.165) is 31.7 Å². The van der Waals surface area contributed by atoms with E-state index >= 15 is 0 Å². The van der Waals surface area contributed by atoms with Gasteiger partial charge in [-0.25, -0.2) is 0 Å². The summed E-state index contributed by atoms with van der Waals surface area (Å²) in [5.41, 5.74) is 0.643. The molecule has 2 rings (SSSR count). The molecule has 17 heavy (non-hydrogen) atoms. The molecule has 0 spiro atoms. The fourth-order valence-electron chi connectivity index (χ4n) is 1.43. The first-order chi connectivity index (χ1) is 8.33. The zero-order chi connectivity index (χ0) is 12.1. The van der Waals surface area contributed by atoms with Gasteiger partial charge in [0.1, 0.15) is 5.75 Å². The first kappa shape index (κ1) is 11.9. The van der Waals surface area contributed by atoms with Crippen LogP contribution >= 0.6 is 0 Å². The monoisotopic (exact) mass is 232 g/mol. The molecule has 0 amide bonds. The van der Waals surface area contributed by atoms with E-state index in [1.165, 1.54) is 0 Å². The summed E-state index contributed by atoms with van der Waals surface area (Å²) in [5, 5.41) is 10.5. The highest BCUT2D eigenvalue weighted by atomic mass is 16.7. The van der Waals surface area contributed by atoms with Gasteiger partial charge in [-0.1, -0.05) is 13.3 Å². The molecule has 1 aliphatic heterocycles. The normalized spacial score (nSPS) is 21.9. The topological polar surface area (TPSA) is 45.3 Å². The van der Waals surface area contributed by atoms with Crippen molar-refractivity contribution in [3.63, 3.8) is 0 Å². The molecule has 1 saturated heterocycles. The van der Waals surface area contributed by atoms with Gasteiger partial charge in [0.25, 0.3) is 0 Å². The molecule has 0 saturated carbocycles. The Kier molecular flexibility index (Phi) is 3.97. The number of hydrogen-bond acceptors (Lipinski definition) is 4. The zero-order valence-electron chi connectivity index (χ0n) is 9.93. The molecule has 1 aromatic carbocycles. The smallest absolute Gasteiger partial charge is 0.189 e. The van der Waals surface area contributed by atoms with E-state index in [1.807, 2.05) is 5.06 Å². The van der Waals surface area contributed by atoms with Crippen LogP contribution in [-0.2, 0) is 4.84 Å². The molecular weight excluding hydrogens is 216 g/mol. The van der Waals surface area contributed by atoms with Crippen molar-refractivity contribution in [2.24, 2.45) is 0 Å². The SMILES string of the molecule is CCCCON1CC1Oc1ccc(C#N)cc1. The van der Waals surface area contributed by atoms with Gasteiger partial charge in [-0.15, -0.1) is 5.06 Å². The van der Waals surface area contributed by atoms with Crippen LogP contribution in [-0.4, -0.2) is 24.4 Å². The van der Waals surface area contributed by atoms with Crippen LogP contribution in [0.2, 0.25) is 0 Å². The van der Waals surface area contributed by atoms with Gasteiger partial charge in [-0.3, -0.25) is 4.84 Å². The fourth-order valence-corrected chi connectivity index (χ4v) is 1.43. The largest absolute Gasteiger partial charge is 0.472 e. The number of hydroxylamine groups is 2. The molecule has 0 aliphatic carbocycles. The molecule has 4 heteroatoms. The predicted molar refractivity (Wildman–Crippen MR) is 63.1 cm³/mol. The van der Waals surface area contributed by atoms with Crippen LogP contribution in [0.4, 0.5) is 0 Å². The number of hydrogen-bond donors (Lipinski definition) is 0. The number of rotatable bonds is 6. The fraction of sp³-hybridized carbons (Fsp3) is 0.462. The number of benzene rings is 1. The maximum absolute atomic E-state index is 8.67. The van der Waals surface area contributed by atoms with Crippen LogP contribution in [0.1, 0.15) is 25.3 Å². The van der Waals surface area contributed by atoms with Crippen molar-refractivity contribution in [1.29, 1.82) is 5.26 Å². The summed E-state index contributed by atoms with van der Waals surface area (Å²) < 4.78 is 5.66. The van der Waals surface area contributed by atoms with Crippen molar-refractivity contribution >= 4 is 0 Å². The number of nitrogens with zero attached hydrogens (tertiary/aromatic N) is 2. The predicted octanol–water partition coefficient (Wildman–Crippen LogP) is 2.31. The molecule has 90 valence electrons. The van der Waals surface area contributed by atoms with Crippen molar-refractivity contribution < 1.29 is 9.57 Å². The molecule has 1 aliphatic rings. The van der Waals surface area contributed by atoms with Gasteiger partial charge in [0.2, 0.25) is 0 Å². The molecule has 4 nitrogen and oxygen atoms in total. The van der Waals surface area contributed by atoms with Gasteiger partial charge in [0.05, 0.1) is 24.8 Å². The summed E-state index contributed by atoms with van der Waals surface area (Å²) >= 11 is 0. The summed E-state index contributed by atoms with van der Waals surface area (Å²) in [4.78, 5) is 5.48. The van der Waals surface area contributed by atoms with Crippen LogP contribution in [0.15, 0.2) is 24.3 Å². The Labute approximate surface area is 101 Å². The lowest BCUT2D eigenvalue weighted by atomic mass is 10.2. The lowest BCUT2D eigenvalue weighted by Crippen LogP contribution is -2.09. The van der Waals surface area contributed by atoms with E-state index in [4.69, 9.17) is 14.8 Å². The molecule has 1 heterocycles. The molecule has 0 N–H and O–H groups in total. The molecule has 0 radical (unpaired) electrons. The molecule has 1 fully saturated rings. The Morgan fingerprint density at radius 1 is 1.41 bits per heavy atom. The Morgan fingerprint density at radius 3 is 2.82 bits per heavy atom. The maximum Gasteiger partial charge on any atom is 0.189 e. The summed E-state index contributed by atoms with van der Waals surface area (Å²) in [7, 11) is 0. The van der Waals surface area contributed by atoms with Crippen LogP contribution in [0.5, 0.6) is 5.75 Å². The molecule has 2 unspecified atom stereocenters. The minimum atomic E-state index is 0.0276. The first-order valence-corrected chi connectivity index (χ1v) is 5.90. The van der Waals surface area contributed by atoms with Crippen LogP contribution in [0.3, 0.4) is 0 Å². The van der Waals surface area contributed by atoms with Gasteiger partial charge in [0.15, 0.2) is 6.23 Å². The first-order valence-electron chi connectivity index (χ1n) is 5.90. The molecule has 1 aromatic rings. The van der Waals surface area contributed by atoms with Crippen molar-refractivity contribution in [3.8, 4) is 11.8 Å². The Hall–Kier alpha value is -1.57. The van der Waals surface area contributed by atoms with E-state index in [-0.39, 0.29) is 6.23 Å². The van der Waals surface area contributed by atoms with Gasteiger partial charge < -0.3 is 4.74 Å². The van der Waals surface area contributed by atoms with E-state index < -0.39 is 0 Å². The number of nitriles is 1. The molecule has 0 aromatic heterocycles. The van der Waals surface area contributed by atoms with Crippen molar-refractivity contribution in [2.75, 3.05) is 13.2 Å². The average Bonchev–Trinajstić information content (AvgIpc) is 3.09. The quantitative estimate of drug-likeness (QED) is 0.557. The second kappa shape index (κ2) is 5.67. The zero-order valence-corrected chi connectivity index (χ0v) is 9.93. The van der Waals surface area contributed by atoms with Crippen molar-refractivity contribution in [2.45, 2.75) is 26.0 Å². The van der Waals surface area contributed by atoms with E-state index in [2.05, 4.69) is 13.0 Å². The number of unbranched alkanes of at least 4 members (excludes halogenated alkanes) is 1. The molecule has 0 bridgehead atoms.